The van der Waals surface area contributed by atoms with E-state index in [1.54, 1.807) is 0 Å². The summed E-state index contributed by atoms with van der Waals surface area (Å²) in [6.45, 7) is 0.790. The Morgan fingerprint density at radius 1 is 1.05 bits per heavy atom. The third-order valence-electron chi connectivity index (χ3n) is 3.07. The third kappa shape index (κ3) is 2.57. The first-order valence-corrected chi connectivity index (χ1v) is 6.91. The molecule has 0 spiro atoms. The molecule has 0 saturated carbocycles. The van der Waals surface area contributed by atoms with E-state index in [9.17, 15) is 9.18 Å². The van der Waals surface area contributed by atoms with Gasteiger partial charge < -0.3 is 9.47 Å². The first kappa shape index (κ1) is 14.2. The van der Waals surface area contributed by atoms with Crippen molar-refractivity contribution < 1.29 is 18.7 Å². The SMILES string of the molecule is O=C(c1cc2c(cc1Cl)OCCO2)c1c(F)cccc1Cl. The quantitative estimate of drug-likeness (QED) is 0.778. The predicted octanol–water partition coefficient (Wildman–Crippen LogP) is 4.13. The second kappa shape index (κ2) is 5.54. The fraction of sp³-hybridized carbons (Fsp3) is 0.133. The molecule has 3 nitrogen and oxygen atoms in total. The highest BCUT2D eigenvalue weighted by molar-refractivity contribution is 6.38. The zero-order valence-corrected chi connectivity index (χ0v) is 12.2. The average Bonchev–Trinajstić information content (AvgIpc) is 2.46. The summed E-state index contributed by atoms with van der Waals surface area (Å²) < 4.78 is 24.6. The first-order valence-electron chi connectivity index (χ1n) is 6.16. The Hall–Kier alpha value is -1.78. The monoisotopic (exact) mass is 326 g/mol. The van der Waals surface area contributed by atoms with E-state index in [-0.39, 0.29) is 21.2 Å². The highest BCUT2D eigenvalue weighted by atomic mass is 35.5. The summed E-state index contributed by atoms with van der Waals surface area (Å²) in [7, 11) is 0. The summed E-state index contributed by atoms with van der Waals surface area (Å²) in [5.74, 6) is -0.428. The van der Waals surface area contributed by atoms with E-state index in [1.165, 1.54) is 30.3 Å². The number of rotatable bonds is 2. The number of carbonyl (C=O) groups is 1. The van der Waals surface area contributed by atoms with Crippen molar-refractivity contribution in [2.75, 3.05) is 13.2 Å². The van der Waals surface area contributed by atoms with Gasteiger partial charge in [-0.2, -0.15) is 0 Å². The minimum absolute atomic E-state index is 0.0333. The lowest BCUT2D eigenvalue weighted by Gasteiger charge is -2.19. The van der Waals surface area contributed by atoms with Crippen LogP contribution in [0.25, 0.3) is 0 Å². The van der Waals surface area contributed by atoms with Crippen molar-refractivity contribution in [3.63, 3.8) is 0 Å². The Kier molecular flexibility index (Phi) is 3.74. The fourth-order valence-electron chi connectivity index (χ4n) is 2.09. The maximum atomic E-state index is 13.9. The number of hydrogen-bond acceptors (Lipinski definition) is 3. The van der Waals surface area contributed by atoms with Crippen LogP contribution in [0, 0.1) is 5.82 Å². The summed E-state index contributed by atoms with van der Waals surface area (Å²) >= 11 is 12.0. The molecular formula is C15H9Cl2FO3. The molecule has 0 aliphatic carbocycles. The second-order valence-corrected chi connectivity index (χ2v) is 5.22. The zero-order chi connectivity index (χ0) is 15.0. The summed E-state index contributed by atoms with van der Waals surface area (Å²) in [6.07, 6.45) is 0. The largest absolute Gasteiger partial charge is 0.486 e. The fourth-order valence-corrected chi connectivity index (χ4v) is 2.58. The van der Waals surface area contributed by atoms with Crippen LogP contribution >= 0.6 is 23.2 Å². The summed E-state index contributed by atoms with van der Waals surface area (Å²) in [6, 6.07) is 6.98. The van der Waals surface area contributed by atoms with Gasteiger partial charge in [0.05, 0.1) is 15.6 Å². The lowest BCUT2D eigenvalue weighted by atomic mass is 10.0. The zero-order valence-electron chi connectivity index (χ0n) is 10.7. The molecule has 0 bridgehead atoms. The summed E-state index contributed by atoms with van der Waals surface area (Å²) in [4.78, 5) is 12.5. The molecule has 0 fully saturated rings. The average molecular weight is 327 g/mol. The molecule has 2 aromatic rings. The van der Waals surface area contributed by atoms with Crippen molar-refractivity contribution in [1.82, 2.24) is 0 Å². The van der Waals surface area contributed by atoms with Gasteiger partial charge in [-0.05, 0) is 18.2 Å². The lowest BCUT2D eigenvalue weighted by Crippen LogP contribution is -2.16. The molecule has 0 saturated heterocycles. The van der Waals surface area contributed by atoms with Crippen molar-refractivity contribution in [2.24, 2.45) is 0 Å². The van der Waals surface area contributed by atoms with E-state index < -0.39 is 11.6 Å². The molecule has 2 aromatic carbocycles. The maximum Gasteiger partial charge on any atom is 0.199 e. The molecule has 108 valence electrons. The molecule has 0 unspecified atom stereocenters. The van der Waals surface area contributed by atoms with Crippen LogP contribution in [0.4, 0.5) is 4.39 Å². The highest BCUT2D eigenvalue weighted by Gasteiger charge is 2.23. The van der Waals surface area contributed by atoms with Crippen LogP contribution in [0.1, 0.15) is 15.9 Å². The highest BCUT2D eigenvalue weighted by Crippen LogP contribution is 2.37. The molecule has 3 rings (SSSR count). The Bertz CT molecular complexity index is 711. The summed E-state index contributed by atoms with van der Waals surface area (Å²) in [5, 5.41) is 0.189. The normalized spacial score (nSPS) is 13.1. The van der Waals surface area contributed by atoms with Crippen molar-refractivity contribution >= 4 is 29.0 Å². The molecule has 21 heavy (non-hydrogen) atoms. The van der Waals surface area contributed by atoms with Crippen molar-refractivity contribution in [3.05, 3.63) is 57.3 Å². The van der Waals surface area contributed by atoms with Gasteiger partial charge in [-0.3, -0.25) is 4.79 Å². The molecule has 1 heterocycles. The van der Waals surface area contributed by atoms with Gasteiger partial charge in [-0.15, -0.1) is 0 Å². The van der Waals surface area contributed by atoms with Crippen molar-refractivity contribution in [3.8, 4) is 11.5 Å². The van der Waals surface area contributed by atoms with Gasteiger partial charge in [-0.25, -0.2) is 4.39 Å². The van der Waals surface area contributed by atoms with Gasteiger partial charge >= 0.3 is 0 Å². The van der Waals surface area contributed by atoms with Gasteiger partial charge in [0, 0.05) is 11.6 Å². The number of ketones is 1. The van der Waals surface area contributed by atoms with E-state index >= 15 is 0 Å². The number of fused-ring (bicyclic) bond motifs is 1. The van der Waals surface area contributed by atoms with E-state index in [0.29, 0.717) is 24.7 Å². The smallest absolute Gasteiger partial charge is 0.199 e. The van der Waals surface area contributed by atoms with Gasteiger partial charge in [0.25, 0.3) is 0 Å². The van der Waals surface area contributed by atoms with Gasteiger partial charge in [0.15, 0.2) is 17.3 Å². The minimum Gasteiger partial charge on any atom is -0.486 e. The Labute approximate surface area is 130 Å². The number of hydrogen-bond donors (Lipinski definition) is 0. The van der Waals surface area contributed by atoms with Crippen LogP contribution in [-0.4, -0.2) is 19.0 Å². The first-order chi connectivity index (χ1) is 10.1. The van der Waals surface area contributed by atoms with Gasteiger partial charge in [0.1, 0.15) is 19.0 Å². The van der Waals surface area contributed by atoms with Gasteiger partial charge in [-0.1, -0.05) is 29.3 Å². The molecule has 0 N–H and O–H groups in total. The van der Waals surface area contributed by atoms with Crippen LogP contribution in [0.2, 0.25) is 10.0 Å². The predicted molar refractivity (Wildman–Crippen MR) is 77.3 cm³/mol. The van der Waals surface area contributed by atoms with Crippen molar-refractivity contribution in [1.29, 1.82) is 0 Å². The third-order valence-corrected chi connectivity index (χ3v) is 3.69. The molecule has 0 radical (unpaired) electrons. The maximum absolute atomic E-state index is 13.9. The molecule has 6 heteroatoms. The standard InChI is InChI=1S/C15H9Cl2FO3/c16-9-2-1-3-11(18)14(9)15(19)8-6-12-13(7-10(8)17)21-5-4-20-12/h1-3,6-7H,4-5H2. The number of benzene rings is 2. The van der Waals surface area contributed by atoms with E-state index in [0.717, 1.165) is 0 Å². The molecule has 1 aliphatic rings. The number of halogens is 3. The lowest BCUT2D eigenvalue weighted by molar-refractivity contribution is 0.103. The van der Waals surface area contributed by atoms with E-state index in [1.807, 2.05) is 0 Å². The van der Waals surface area contributed by atoms with Crippen LogP contribution in [0.5, 0.6) is 11.5 Å². The van der Waals surface area contributed by atoms with Crippen LogP contribution < -0.4 is 9.47 Å². The van der Waals surface area contributed by atoms with Crippen LogP contribution in [0.3, 0.4) is 0 Å². The second-order valence-electron chi connectivity index (χ2n) is 4.40. The van der Waals surface area contributed by atoms with Crippen molar-refractivity contribution in [2.45, 2.75) is 0 Å². The molecule has 0 aromatic heterocycles. The molecule has 0 amide bonds. The number of ether oxygens (including phenoxy) is 2. The van der Waals surface area contributed by atoms with E-state index in [4.69, 9.17) is 32.7 Å². The Morgan fingerprint density at radius 3 is 2.38 bits per heavy atom. The van der Waals surface area contributed by atoms with E-state index in [2.05, 4.69) is 0 Å². The summed E-state index contributed by atoms with van der Waals surface area (Å²) in [5.41, 5.74) is -0.0920. The van der Waals surface area contributed by atoms with Crippen LogP contribution in [0.15, 0.2) is 30.3 Å². The number of carbonyl (C=O) groups excluding carboxylic acids is 1. The molecular weight excluding hydrogens is 318 g/mol. The Balaban J connectivity index is 2.10. The Morgan fingerprint density at radius 2 is 1.71 bits per heavy atom. The molecule has 0 atom stereocenters. The minimum atomic E-state index is -0.696. The van der Waals surface area contributed by atoms with Gasteiger partial charge in [0.2, 0.25) is 0 Å². The topological polar surface area (TPSA) is 35.5 Å². The molecule has 1 aliphatic heterocycles. The van der Waals surface area contributed by atoms with Crippen LogP contribution in [-0.2, 0) is 0 Å².